The number of rotatable bonds is 8. The van der Waals surface area contributed by atoms with Gasteiger partial charge >= 0.3 is 0 Å². The van der Waals surface area contributed by atoms with Crippen molar-refractivity contribution in [2.24, 2.45) is 4.40 Å². The molecule has 1 aliphatic carbocycles. The van der Waals surface area contributed by atoms with Gasteiger partial charge in [0.1, 0.15) is 12.4 Å². The Balaban J connectivity index is 1.67. The van der Waals surface area contributed by atoms with Crippen molar-refractivity contribution in [2.45, 2.75) is 50.3 Å². The molecule has 1 aliphatic heterocycles. The van der Waals surface area contributed by atoms with Crippen LogP contribution in [-0.2, 0) is 16.2 Å². The van der Waals surface area contributed by atoms with Crippen LogP contribution in [0.5, 0.6) is 5.75 Å². The first-order valence-corrected chi connectivity index (χ1v) is 16.3. The lowest BCUT2D eigenvalue weighted by molar-refractivity contribution is -0.138. The second-order valence-electron chi connectivity index (χ2n) is 10.4. The zero-order valence-corrected chi connectivity index (χ0v) is 25.9. The van der Waals surface area contributed by atoms with Gasteiger partial charge in [-0.1, -0.05) is 53.9 Å². The zero-order chi connectivity index (χ0) is 30.7. The lowest BCUT2D eigenvalue weighted by atomic mass is 9.76. The summed E-state index contributed by atoms with van der Waals surface area (Å²) in [6.07, 6.45) is 5.36. The van der Waals surface area contributed by atoms with E-state index in [1.54, 1.807) is 53.6 Å². The molecule has 13 heteroatoms. The Morgan fingerprint density at radius 2 is 1.93 bits per heavy atom. The van der Waals surface area contributed by atoms with Gasteiger partial charge in [-0.15, -0.1) is 10.8 Å². The van der Waals surface area contributed by atoms with Gasteiger partial charge in [-0.3, -0.25) is 28.5 Å². The van der Waals surface area contributed by atoms with E-state index < -0.39 is 34.7 Å². The second-order valence-corrected chi connectivity index (χ2v) is 13.1. The summed E-state index contributed by atoms with van der Waals surface area (Å²) in [5.41, 5.74) is 4.85. The molecule has 228 valence electrons. The summed E-state index contributed by atoms with van der Waals surface area (Å²) in [6, 6.07) is 13.7. The molecule has 3 atom stereocenters. The minimum atomic E-state index is -3.27. The standard InChI is InChI=1S/C30H32Cl2N4O6S/c1-41-25-16-18(31)15-22(32)27(25)28-26(29(37)34-42-17-19-9-7-8-14-33-19)20-10-3-4-11-21(20)30(38)36(28)24-13-6-5-12-23(24)35-43(2,39)40/h3-4,7-11,14-16,24,26,28,39-40H,5-6,12-13,17H2,1-2H3,(H,34,37)/t24-,26+,28+/m0/s1. The molecule has 2 aromatic carbocycles. The topological polar surface area (TPSA) is 134 Å². The van der Waals surface area contributed by atoms with E-state index in [0.29, 0.717) is 51.7 Å². The Kier molecular flexibility index (Phi) is 9.60. The first-order chi connectivity index (χ1) is 20.6. The fraction of sp³-hybridized carbons (Fsp3) is 0.333. The summed E-state index contributed by atoms with van der Waals surface area (Å²) in [6.45, 7) is 0.0209. The molecule has 2 aliphatic rings. The minimum absolute atomic E-state index is 0.0209. The molecule has 0 spiro atoms. The molecule has 0 saturated heterocycles. The van der Waals surface area contributed by atoms with Gasteiger partial charge in [0.25, 0.3) is 11.8 Å². The second kappa shape index (κ2) is 13.2. The number of nitrogens with one attached hydrogen (secondary N) is 1. The molecule has 1 aromatic heterocycles. The van der Waals surface area contributed by atoms with Crippen LogP contribution in [-0.4, -0.2) is 55.9 Å². The van der Waals surface area contributed by atoms with Crippen LogP contribution < -0.4 is 10.2 Å². The maximum Gasteiger partial charge on any atom is 0.255 e. The number of aromatic nitrogens is 1. The highest BCUT2D eigenvalue weighted by atomic mass is 35.5. The normalized spacial score (nSPS) is 21.8. The number of carbonyl (C=O) groups excluding carboxylic acids is 2. The zero-order valence-electron chi connectivity index (χ0n) is 23.6. The largest absolute Gasteiger partial charge is 0.496 e. The average Bonchev–Trinajstić information content (AvgIpc) is 2.97. The van der Waals surface area contributed by atoms with Crippen LogP contribution >= 0.6 is 34.0 Å². The number of benzene rings is 2. The van der Waals surface area contributed by atoms with Gasteiger partial charge in [0, 0.05) is 28.6 Å². The molecule has 2 heterocycles. The van der Waals surface area contributed by atoms with E-state index >= 15 is 0 Å². The van der Waals surface area contributed by atoms with Crippen molar-refractivity contribution in [1.29, 1.82) is 0 Å². The fourth-order valence-electron chi connectivity index (χ4n) is 5.84. The molecule has 2 amide bonds. The number of fused-ring (bicyclic) bond motifs is 1. The third-order valence-electron chi connectivity index (χ3n) is 7.52. The predicted molar refractivity (Wildman–Crippen MR) is 167 cm³/mol. The number of hydrogen-bond acceptors (Lipinski definition) is 8. The summed E-state index contributed by atoms with van der Waals surface area (Å²) in [5, 5.41) is 0.520. The van der Waals surface area contributed by atoms with Gasteiger partial charge in [0.2, 0.25) is 0 Å². The Morgan fingerprint density at radius 1 is 1.16 bits per heavy atom. The van der Waals surface area contributed by atoms with Crippen LogP contribution in [0.2, 0.25) is 10.0 Å². The summed E-state index contributed by atoms with van der Waals surface area (Å²) in [7, 11) is -1.82. The maximum atomic E-state index is 14.4. The Labute approximate surface area is 261 Å². The number of methoxy groups -OCH3 is 1. The number of hydrogen-bond donors (Lipinski definition) is 3. The van der Waals surface area contributed by atoms with E-state index in [2.05, 4.69) is 14.9 Å². The Hall–Kier alpha value is -3.19. The molecule has 43 heavy (non-hydrogen) atoms. The molecule has 0 radical (unpaired) electrons. The van der Waals surface area contributed by atoms with Gasteiger partial charge in [0.05, 0.1) is 41.5 Å². The number of hydroxylamine groups is 1. The molecular formula is C30H32Cl2N4O6S. The molecule has 10 nitrogen and oxygen atoms in total. The van der Waals surface area contributed by atoms with E-state index in [9.17, 15) is 18.7 Å². The van der Waals surface area contributed by atoms with Gasteiger partial charge in [-0.2, -0.15) is 4.40 Å². The van der Waals surface area contributed by atoms with Crippen molar-refractivity contribution in [3.63, 3.8) is 0 Å². The summed E-state index contributed by atoms with van der Waals surface area (Å²) in [4.78, 5) is 40.0. The number of carbonyl (C=O) groups is 2. The van der Waals surface area contributed by atoms with Crippen molar-refractivity contribution < 1.29 is 28.3 Å². The molecule has 5 rings (SSSR count). The van der Waals surface area contributed by atoms with Crippen LogP contribution in [0.3, 0.4) is 0 Å². The lowest BCUT2D eigenvalue weighted by Crippen LogP contribution is -2.54. The number of amides is 2. The average molecular weight is 648 g/mol. The van der Waals surface area contributed by atoms with E-state index in [0.717, 1.165) is 12.8 Å². The van der Waals surface area contributed by atoms with Gasteiger partial charge in [-0.05, 0) is 55.2 Å². The van der Waals surface area contributed by atoms with E-state index in [4.69, 9.17) is 32.8 Å². The molecule has 0 bridgehead atoms. The number of pyridine rings is 1. The molecular weight excluding hydrogens is 615 g/mol. The van der Waals surface area contributed by atoms with Crippen molar-refractivity contribution >= 4 is 51.5 Å². The molecule has 1 fully saturated rings. The highest BCUT2D eigenvalue weighted by molar-refractivity contribution is 8.22. The summed E-state index contributed by atoms with van der Waals surface area (Å²) < 4.78 is 30.6. The van der Waals surface area contributed by atoms with E-state index in [1.165, 1.54) is 19.4 Å². The van der Waals surface area contributed by atoms with Gasteiger partial charge in [0.15, 0.2) is 0 Å². The summed E-state index contributed by atoms with van der Waals surface area (Å²) in [5.74, 6) is -1.58. The fourth-order valence-corrected chi connectivity index (χ4v) is 7.08. The Morgan fingerprint density at radius 3 is 2.65 bits per heavy atom. The maximum absolute atomic E-state index is 14.4. The van der Waals surface area contributed by atoms with Gasteiger partial charge in [-0.25, -0.2) is 5.48 Å². The SMILES string of the molecule is COc1cc(Cl)cc(Cl)c1[C@H]1[C@H](C(=O)NOCc2ccccn2)c2ccccc2C(=O)N1[C@H]1CCCCC1=NS(C)(O)O. The Bertz CT molecular complexity index is 1530. The first kappa shape index (κ1) is 31.2. The number of halogens is 2. The lowest BCUT2D eigenvalue weighted by Gasteiger charge is -2.47. The van der Waals surface area contributed by atoms with E-state index in [-0.39, 0.29) is 17.5 Å². The molecule has 0 unspecified atom stereocenters. The van der Waals surface area contributed by atoms with Crippen LogP contribution in [0.15, 0.2) is 65.2 Å². The number of nitrogens with zero attached hydrogens (tertiary/aromatic N) is 3. The third-order valence-corrected chi connectivity index (χ3v) is 8.63. The summed E-state index contributed by atoms with van der Waals surface area (Å²) >= 11 is 13.2. The molecule has 3 N–H and O–H groups in total. The third kappa shape index (κ3) is 6.82. The minimum Gasteiger partial charge on any atom is -0.496 e. The van der Waals surface area contributed by atoms with Crippen LogP contribution in [0.4, 0.5) is 0 Å². The van der Waals surface area contributed by atoms with Crippen molar-refractivity contribution in [3.05, 3.63) is 93.2 Å². The quantitative estimate of drug-likeness (QED) is 0.235. The smallest absolute Gasteiger partial charge is 0.255 e. The van der Waals surface area contributed by atoms with Crippen molar-refractivity contribution in [3.8, 4) is 5.75 Å². The first-order valence-electron chi connectivity index (χ1n) is 13.7. The molecule has 1 saturated carbocycles. The highest BCUT2D eigenvalue weighted by Crippen LogP contribution is 2.51. The van der Waals surface area contributed by atoms with Crippen LogP contribution in [0.25, 0.3) is 0 Å². The predicted octanol–water partition coefficient (Wildman–Crippen LogP) is 6.60. The van der Waals surface area contributed by atoms with Crippen molar-refractivity contribution in [2.75, 3.05) is 13.4 Å². The highest BCUT2D eigenvalue weighted by Gasteiger charge is 2.49. The van der Waals surface area contributed by atoms with E-state index in [1.807, 2.05) is 6.07 Å². The van der Waals surface area contributed by atoms with Crippen LogP contribution in [0, 0.1) is 0 Å². The number of ether oxygens (including phenoxy) is 1. The van der Waals surface area contributed by atoms with Crippen LogP contribution in [0.1, 0.15) is 64.8 Å². The monoisotopic (exact) mass is 646 g/mol. The van der Waals surface area contributed by atoms with Gasteiger partial charge < -0.3 is 9.64 Å². The van der Waals surface area contributed by atoms with Crippen molar-refractivity contribution in [1.82, 2.24) is 15.4 Å². The molecule has 3 aromatic rings.